The van der Waals surface area contributed by atoms with Gasteiger partial charge in [0.05, 0.1) is 31.0 Å². The lowest BCUT2D eigenvalue weighted by molar-refractivity contribution is 0.0587. The molecule has 0 spiro atoms. The number of carbonyl (C=O) groups excluding carboxylic acids is 1. The van der Waals surface area contributed by atoms with Crippen molar-refractivity contribution in [1.29, 1.82) is 0 Å². The highest BCUT2D eigenvalue weighted by Crippen LogP contribution is 2.10. The van der Waals surface area contributed by atoms with Gasteiger partial charge in [0.1, 0.15) is 0 Å². The lowest BCUT2D eigenvalue weighted by Gasteiger charge is -2.10. The van der Waals surface area contributed by atoms with Gasteiger partial charge in [0.2, 0.25) is 0 Å². The number of hydrogen-bond acceptors (Lipinski definition) is 4. The number of hydrogen-bond donors (Lipinski definition) is 2. The van der Waals surface area contributed by atoms with Gasteiger partial charge >= 0.3 is 0 Å². The molecule has 6 heteroatoms. The summed E-state index contributed by atoms with van der Waals surface area (Å²) in [5.41, 5.74) is 2.51. The Morgan fingerprint density at radius 1 is 1.39 bits per heavy atom. The topological polar surface area (TPSA) is 76.4 Å². The highest BCUT2D eigenvalue weighted by molar-refractivity contribution is 5.95. The van der Waals surface area contributed by atoms with Gasteiger partial charge in [-0.2, -0.15) is 5.10 Å². The summed E-state index contributed by atoms with van der Waals surface area (Å²) in [4.78, 5) is 12.2. The molecule has 0 radical (unpaired) electrons. The summed E-state index contributed by atoms with van der Waals surface area (Å²) in [6.07, 6.45) is 1.47. The van der Waals surface area contributed by atoms with E-state index in [9.17, 15) is 9.90 Å². The van der Waals surface area contributed by atoms with E-state index < -0.39 is 6.10 Å². The highest BCUT2D eigenvalue weighted by Gasteiger charge is 2.14. The summed E-state index contributed by atoms with van der Waals surface area (Å²) in [6, 6.07) is 9.98. The molecule has 1 atom stereocenters. The average Bonchev–Trinajstić information content (AvgIpc) is 2.89. The van der Waals surface area contributed by atoms with Crippen molar-refractivity contribution in [3.8, 4) is 0 Å². The van der Waals surface area contributed by atoms with Gasteiger partial charge in [-0.05, 0) is 18.9 Å². The van der Waals surface area contributed by atoms with Crippen LogP contribution >= 0.6 is 0 Å². The molecule has 0 fully saturated rings. The maximum atomic E-state index is 12.2. The molecule has 1 heterocycles. The van der Waals surface area contributed by atoms with Crippen LogP contribution in [0.15, 0.2) is 36.5 Å². The average molecular weight is 317 g/mol. The van der Waals surface area contributed by atoms with Crippen LogP contribution in [0.4, 0.5) is 0 Å². The van der Waals surface area contributed by atoms with Crippen molar-refractivity contribution in [1.82, 2.24) is 15.1 Å². The molecular formula is C17H23N3O3. The van der Waals surface area contributed by atoms with E-state index in [1.807, 2.05) is 41.9 Å². The summed E-state index contributed by atoms with van der Waals surface area (Å²) in [6.45, 7) is 3.17. The van der Waals surface area contributed by atoms with Gasteiger partial charge in [-0.1, -0.05) is 30.3 Å². The molecule has 2 aromatic rings. The van der Waals surface area contributed by atoms with Crippen LogP contribution in [0.25, 0.3) is 0 Å². The second kappa shape index (κ2) is 8.45. The molecule has 6 nitrogen and oxygen atoms in total. The minimum Gasteiger partial charge on any atom is -0.391 e. The first-order valence-electron chi connectivity index (χ1n) is 7.63. The van der Waals surface area contributed by atoms with E-state index in [4.69, 9.17) is 4.74 Å². The van der Waals surface area contributed by atoms with E-state index >= 15 is 0 Å². The zero-order valence-corrected chi connectivity index (χ0v) is 13.5. The normalized spacial score (nSPS) is 12.1. The lowest BCUT2D eigenvalue weighted by Crippen LogP contribution is -2.28. The first-order chi connectivity index (χ1) is 11.1. The molecule has 2 rings (SSSR count). The fourth-order valence-electron chi connectivity index (χ4n) is 2.31. The van der Waals surface area contributed by atoms with Crippen LogP contribution in [0, 0.1) is 6.92 Å². The lowest BCUT2D eigenvalue weighted by atomic mass is 10.2. The van der Waals surface area contributed by atoms with Gasteiger partial charge in [0, 0.05) is 19.3 Å². The quantitative estimate of drug-likeness (QED) is 0.771. The van der Waals surface area contributed by atoms with Crippen molar-refractivity contribution in [2.24, 2.45) is 0 Å². The van der Waals surface area contributed by atoms with Crippen LogP contribution in [0.2, 0.25) is 0 Å². The van der Waals surface area contributed by atoms with Crippen LogP contribution in [-0.2, 0) is 11.3 Å². The number of benzene rings is 1. The van der Waals surface area contributed by atoms with Crippen LogP contribution in [0.1, 0.15) is 28.0 Å². The molecule has 0 aliphatic heterocycles. The SMILES string of the molecule is COCC(O)CCNC(=O)c1cnn(Cc2ccccc2)c1C. The molecule has 0 aliphatic rings. The summed E-state index contributed by atoms with van der Waals surface area (Å²) in [5, 5.41) is 16.7. The van der Waals surface area contributed by atoms with Gasteiger partial charge in [0.15, 0.2) is 0 Å². The Kier molecular flexibility index (Phi) is 6.31. The standard InChI is InChI=1S/C17H23N3O3/c1-13-16(17(22)18-9-8-15(21)12-23-2)10-19-20(13)11-14-6-4-3-5-7-14/h3-7,10,15,21H,8-9,11-12H2,1-2H3,(H,18,22). The van der Waals surface area contributed by atoms with Crippen LogP contribution in [-0.4, -0.2) is 47.2 Å². The van der Waals surface area contributed by atoms with Gasteiger partial charge in [-0.25, -0.2) is 0 Å². The summed E-state index contributed by atoms with van der Waals surface area (Å²) < 4.78 is 6.66. The fourth-order valence-corrected chi connectivity index (χ4v) is 2.31. The number of nitrogens with one attached hydrogen (secondary N) is 1. The Hall–Kier alpha value is -2.18. The molecular weight excluding hydrogens is 294 g/mol. The molecule has 124 valence electrons. The van der Waals surface area contributed by atoms with E-state index in [-0.39, 0.29) is 12.5 Å². The number of ether oxygens (including phenoxy) is 1. The molecule has 0 bridgehead atoms. The van der Waals surface area contributed by atoms with E-state index in [1.54, 1.807) is 6.20 Å². The number of rotatable bonds is 8. The molecule has 1 unspecified atom stereocenters. The van der Waals surface area contributed by atoms with Crippen molar-refractivity contribution in [2.75, 3.05) is 20.3 Å². The van der Waals surface area contributed by atoms with Gasteiger partial charge in [-0.3, -0.25) is 9.48 Å². The zero-order valence-electron chi connectivity index (χ0n) is 13.5. The second-order valence-electron chi connectivity index (χ2n) is 5.44. The van der Waals surface area contributed by atoms with Gasteiger partial charge < -0.3 is 15.2 Å². The Morgan fingerprint density at radius 2 is 2.13 bits per heavy atom. The first-order valence-corrected chi connectivity index (χ1v) is 7.63. The van der Waals surface area contributed by atoms with E-state index in [2.05, 4.69) is 10.4 Å². The summed E-state index contributed by atoms with van der Waals surface area (Å²) >= 11 is 0. The second-order valence-corrected chi connectivity index (χ2v) is 5.44. The van der Waals surface area contributed by atoms with E-state index in [0.29, 0.717) is 25.1 Å². The smallest absolute Gasteiger partial charge is 0.254 e. The molecule has 23 heavy (non-hydrogen) atoms. The molecule has 0 saturated heterocycles. The van der Waals surface area contributed by atoms with E-state index in [1.165, 1.54) is 7.11 Å². The number of aliphatic hydroxyl groups is 1. The van der Waals surface area contributed by atoms with Crippen molar-refractivity contribution in [3.63, 3.8) is 0 Å². The Balaban J connectivity index is 1.92. The summed E-state index contributed by atoms with van der Waals surface area (Å²) in [7, 11) is 1.53. The predicted molar refractivity (Wildman–Crippen MR) is 87.3 cm³/mol. The third-order valence-electron chi connectivity index (χ3n) is 3.65. The van der Waals surface area contributed by atoms with Crippen molar-refractivity contribution < 1.29 is 14.6 Å². The fraction of sp³-hybridized carbons (Fsp3) is 0.412. The van der Waals surface area contributed by atoms with Gasteiger partial charge in [-0.15, -0.1) is 0 Å². The number of aromatic nitrogens is 2. The minimum absolute atomic E-state index is 0.175. The highest BCUT2D eigenvalue weighted by atomic mass is 16.5. The zero-order chi connectivity index (χ0) is 16.7. The van der Waals surface area contributed by atoms with E-state index in [0.717, 1.165) is 11.3 Å². The number of aliphatic hydroxyl groups excluding tert-OH is 1. The summed E-state index contributed by atoms with van der Waals surface area (Å²) in [5.74, 6) is -0.175. The maximum absolute atomic E-state index is 12.2. The molecule has 1 aromatic heterocycles. The van der Waals surface area contributed by atoms with Crippen molar-refractivity contribution >= 4 is 5.91 Å². The first kappa shape index (κ1) is 17.2. The van der Waals surface area contributed by atoms with Crippen molar-refractivity contribution in [2.45, 2.75) is 26.0 Å². The van der Waals surface area contributed by atoms with Crippen molar-refractivity contribution in [3.05, 3.63) is 53.3 Å². The largest absolute Gasteiger partial charge is 0.391 e. The monoisotopic (exact) mass is 317 g/mol. The predicted octanol–water partition coefficient (Wildman–Crippen LogP) is 1.37. The number of amides is 1. The Labute approximate surface area is 136 Å². The molecule has 0 saturated carbocycles. The number of methoxy groups -OCH3 is 1. The molecule has 2 N–H and O–H groups in total. The molecule has 0 aliphatic carbocycles. The van der Waals surface area contributed by atoms with Crippen LogP contribution in [0.3, 0.4) is 0 Å². The third kappa shape index (κ3) is 4.91. The van der Waals surface area contributed by atoms with Crippen LogP contribution < -0.4 is 5.32 Å². The van der Waals surface area contributed by atoms with Gasteiger partial charge in [0.25, 0.3) is 5.91 Å². The number of carbonyl (C=O) groups is 1. The molecule has 1 aromatic carbocycles. The molecule has 1 amide bonds. The van der Waals surface area contributed by atoms with Crippen LogP contribution in [0.5, 0.6) is 0 Å². The third-order valence-corrected chi connectivity index (χ3v) is 3.65. The maximum Gasteiger partial charge on any atom is 0.254 e. The Morgan fingerprint density at radius 3 is 2.83 bits per heavy atom. The number of nitrogens with zero attached hydrogens (tertiary/aromatic N) is 2. The Bertz CT molecular complexity index is 625. The minimum atomic E-state index is -0.567.